The Balaban J connectivity index is 1.69. The number of fused-ring (bicyclic) bond motifs is 1. The van der Waals surface area contributed by atoms with Crippen LogP contribution >= 0.6 is 0 Å². The summed E-state index contributed by atoms with van der Waals surface area (Å²) in [6.45, 7) is 3.76. The molecule has 1 heterocycles. The summed E-state index contributed by atoms with van der Waals surface area (Å²) in [5.41, 5.74) is 3.59. The zero-order chi connectivity index (χ0) is 27.4. The number of carbonyl (C=O) groups is 1. The number of hydrogen-bond acceptors (Lipinski definition) is 4. The summed E-state index contributed by atoms with van der Waals surface area (Å²) in [6.07, 6.45) is 0.550. The smallest absolute Gasteiger partial charge is 0.280 e. The number of hydrogen-bond donors (Lipinski definition) is 2. The van der Waals surface area contributed by atoms with Crippen molar-refractivity contribution in [1.82, 2.24) is 9.66 Å². The number of nitrogens with one attached hydrogen (secondary N) is 1. The van der Waals surface area contributed by atoms with Gasteiger partial charge in [0.2, 0.25) is 5.91 Å². The van der Waals surface area contributed by atoms with Crippen LogP contribution in [0.2, 0.25) is 0 Å². The van der Waals surface area contributed by atoms with Crippen LogP contribution in [0.4, 0.5) is 0 Å². The molecule has 0 aliphatic rings. The molecule has 2 N–H and O–H groups in total. The van der Waals surface area contributed by atoms with Crippen LogP contribution in [0.25, 0.3) is 10.9 Å². The molecule has 0 fully saturated rings. The van der Waals surface area contributed by atoms with Gasteiger partial charge in [0.25, 0.3) is 5.56 Å². The molecule has 0 radical (unpaired) electrons. The number of para-hydroxylation sites is 1. The molecule has 39 heavy (non-hydrogen) atoms. The fraction of sp³-hybridized carbons (Fsp3) is 0.182. The third kappa shape index (κ3) is 4.87. The largest absolute Gasteiger partial charge is 0.380 e. The van der Waals surface area contributed by atoms with Crippen LogP contribution in [0.1, 0.15) is 54.6 Å². The van der Waals surface area contributed by atoms with E-state index in [0.29, 0.717) is 28.5 Å². The van der Waals surface area contributed by atoms with E-state index in [-0.39, 0.29) is 11.7 Å². The maximum Gasteiger partial charge on any atom is 0.280 e. The topological polar surface area (TPSA) is 84.2 Å². The molecule has 0 saturated carbocycles. The van der Waals surface area contributed by atoms with Gasteiger partial charge in [-0.1, -0.05) is 117 Å². The van der Waals surface area contributed by atoms with Gasteiger partial charge in [0, 0.05) is 0 Å². The Kier molecular flexibility index (Phi) is 7.39. The molecular weight excluding hydrogens is 486 g/mol. The molecule has 2 unspecified atom stereocenters. The van der Waals surface area contributed by atoms with E-state index < -0.39 is 23.0 Å². The van der Waals surface area contributed by atoms with Crippen LogP contribution in [0.5, 0.6) is 0 Å². The van der Waals surface area contributed by atoms with E-state index in [1.54, 1.807) is 18.2 Å². The quantitative estimate of drug-likeness (QED) is 0.277. The van der Waals surface area contributed by atoms with E-state index in [4.69, 9.17) is 4.98 Å². The molecule has 0 aliphatic carbocycles. The summed E-state index contributed by atoms with van der Waals surface area (Å²) >= 11 is 0. The Morgan fingerprint density at radius 1 is 0.846 bits per heavy atom. The average Bonchev–Trinajstić information content (AvgIpc) is 2.99. The molecule has 0 saturated heterocycles. The monoisotopic (exact) mass is 517 g/mol. The highest BCUT2D eigenvalue weighted by Crippen LogP contribution is 2.41. The number of benzene rings is 4. The second-order valence-corrected chi connectivity index (χ2v) is 9.70. The number of aliphatic hydroxyl groups is 1. The maximum atomic E-state index is 13.9. The second-order valence-electron chi connectivity index (χ2n) is 9.70. The lowest BCUT2D eigenvalue weighted by Gasteiger charge is -2.36. The van der Waals surface area contributed by atoms with E-state index >= 15 is 0 Å². The molecule has 4 aromatic carbocycles. The van der Waals surface area contributed by atoms with Gasteiger partial charge in [-0.2, -0.15) is 0 Å². The summed E-state index contributed by atoms with van der Waals surface area (Å²) in [6, 6.07) is 35.2. The predicted molar refractivity (Wildman–Crippen MR) is 154 cm³/mol. The minimum atomic E-state index is -1.54. The lowest BCUT2D eigenvalue weighted by molar-refractivity contribution is -0.118. The van der Waals surface area contributed by atoms with Crippen molar-refractivity contribution in [2.75, 3.05) is 5.43 Å². The van der Waals surface area contributed by atoms with Gasteiger partial charge < -0.3 is 5.11 Å². The molecule has 5 aromatic rings. The Morgan fingerprint density at radius 2 is 1.36 bits per heavy atom. The highest BCUT2D eigenvalue weighted by atomic mass is 16.3. The minimum Gasteiger partial charge on any atom is -0.380 e. The van der Waals surface area contributed by atoms with Crippen LogP contribution in [0, 0.1) is 0 Å². The molecule has 0 aliphatic heterocycles. The molecule has 0 bridgehead atoms. The number of amides is 1. The van der Waals surface area contributed by atoms with Gasteiger partial charge >= 0.3 is 0 Å². The van der Waals surface area contributed by atoms with Gasteiger partial charge in [-0.3, -0.25) is 15.0 Å². The van der Waals surface area contributed by atoms with E-state index in [9.17, 15) is 14.7 Å². The van der Waals surface area contributed by atoms with Crippen molar-refractivity contribution in [3.63, 3.8) is 0 Å². The van der Waals surface area contributed by atoms with Crippen LogP contribution in [0.15, 0.2) is 120 Å². The third-order valence-electron chi connectivity index (χ3n) is 7.39. The Labute approximate surface area is 227 Å². The summed E-state index contributed by atoms with van der Waals surface area (Å²) < 4.78 is 1.22. The minimum absolute atomic E-state index is 0.255. The summed E-state index contributed by atoms with van der Waals surface area (Å²) in [4.78, 5) is 32.4. The van der Waals surface area contributed by atoms with Gasteiger partial charge in [0.05, 0.1) is 22.7 Å². The molecule has 0 spiro atoms. The van der Waals surface area contributed by atoms with Gasteiger partial charge in [-0.15, -0.1) is 0 Å². The van der Waals surface area contributed by atoms with Crippen molar-refractivity contribution in [2.24, 2.45) is 0 Å². The summed E-state index contributed by atoms with van der Waals surface area (Å²) in [7, 11) is 0. The van der Waals surface area contributed by atoms with Gasteiger partial charge in [-0.25, -0.2) is 9.66 Å². The van der Waals surface area contributed by atoms with Crippen molar-refractivity contribution in [3.05, 3.63) is 148 Å². The Bertz CT molecular complexity index is 1590. The predicted octanol–water partition coefficient (Wildman–Crippen LogP) is 5.70. The van der Waals surface area contributed by atoms with Crippen LogP contribution in [0.3, 0.4) is 0 Å². The van der Waals surface area contributed by atoms with Gasteiger partial charge in [-0.05, 0) is 35.2 Å². The molecule has 5 rings (SSSR count). The fourth-order valence-corrected chi connectivity index (χ4v) is 5.23. The third-order valence-corrected chi connectivity index (χ3v) is 7.39. The molecule has 1 aromatic heterocycles. The van der Waals surface area contributed by atoms with E-state index in [1.807, 2.05) is 111 Å². The second kappa shape index (κ2) is 11.1. The number of rotatable bonds is 8. The first kappa shape index (κ1) is 26.1. The summed E-state index contributed by atoms with van der Waals surface area (Å²) in [5.74, 6) is -1.25. The summed E-state index contributed by atoms with van der Waals surface area (Å²) in [5, 5.41) is 12.8. The SMILES string of the molecule is CCC(C(=O)Nn1c(C(C)C(O)(c2ccccc2)c2ccccc2)nc2ccccc2c1=O)c1ccccc1. The van der Waals surface area contributed by atoms with Crippen molar-refractivity contribution in [2.45, 2.75) is 37.7 Å². The molecule has 6 heteroatoms. The molecule has 2 atom stereocenters. The average molecular weight is 518 g/mol. The molecule has 6 nitrogen and oxygen atoms in total. The molecular formula is C33H31N3O3. The Morgan fingerprint density at radius 3 is 1.92 bits per heavy atom. The molecule has 1 amide bonds. The highest BCUT2D eigenvalue weighted by Gasteiger charge is 2.41. The van der Waals surface area contributed by atoms with E-state index in [1.165, 1.54) is 4.68 Å². The van der Waals surface area contributed by atoms with Crippen molar-refractivity contribution >= 4 is 16.8 Å². The number of nitrogens with zero attached hydrogens (tertiary/aromatic N) is 2. The highest BCUT2D eigenvalue weighted by molar-refractivity contribution is 5.90. The van der Waals surface area contributed by atoms with Crippen molar-refractivity contribution in [3.8, 4) is 0 Å². The van der Waals surface area contributed by atoms with Crippen molar-refractivity contribution in [1.29, 1.82) is 0 Å². The Hall–Kier alpha value is -4.55. The van der Waals surface area contributed by atoms with Crippen molar-refractivity contribution < 1.29 is 9.90 Å². The van der Waals surface area contributed by atoms with Gasteiger partial charge in [0.15, 0.2) is 0 Å². The normalized spacial score (nSPS) is 13.1. The maximum absolute atomic E-state index is 13.9. The number of carbonyl (C=O) groups excluding carboxylic acids is 1. The number of aromatic nitrogens is 2. The van der Waals surface area contributed by atoms with Crippen LogP contribution in [-0.4, -0.2) is 20.7 Å². The van der Waals surface area contributed by atoms with Gasteiger partial charge in [0.1, 0.15) is 11.4 Å². The first-order valence-electron chi connectivity index (χ1n) is 13.2. The first-order valence-corrected chi connectivity index (χ1v) is 13.2. The lowest BCUT2D eigenvalue weighted by Crippen LogP contribution is -2.43. The lowest BCUT2D eigenvalue weighted by atomic mass is 9.76. The van der Waals surface area contributed by atoms with E-state index in [0.717, 1.165) is 5.56 Å². The van der Waals surface area contributed by atoms with E-state index in [2.05, 4.69) is 5.43 Å². The zero-order valence-corrected chi connectivity index (χ0v) is 22.0. The van der Waals surface area contributed by atoms with Crippen LogP contribution in [-0.2, 0) is 10.4 Å². The van der Waals surface area contributed by atoms with Crippen LogP contribution < -0.4 is 11.0 Å². The first-order chi connectivity index (χ1) is 18.9. The standard InChI is InChI=1S/C33H31N3O3/c1-3-27(24-15-7-4-8-16-24)31(37)35-36-30(34-29-22-14-13-21-28(29)32(36)38)23(2)33(39,25-17-9-5-10-18-25)26-19-11-6-12-20-26/h4-23,27,39H,3H2,1-2H3,(H,35,37). The molecule has 196 valence electrons. The fourth-order valence-electron chi connectivity index (χ4n) is 5.23. The zero-order valence-electron chi connectivity index (χ0n) is 22.0.